The summed E-state index contributed by atoms with van der Waals surface area (Å²) in [6.07, 6.45) is 0. The van der Waals surface area contributed by atoms with Crippen molar-refractivity contribution < 1.29 is 13.7 Å². The van der Waals surface area contributed by atoms with Crippen molar-refractivity contribution in [2.24, 2.45) is 0 Å². The summed E-state index contributed by atoms with van der Waals surface area (Å²) in [6.45, 7) is -0.0456. The average Bonchev–Trinajstić information content (AvgIpc) is 2.39. The number of non-ortho nitro benzene ring substituents is 1. The number of rotatable bonds is 4. The lowest BCUT2D eigenvalue weighted by molar-refractivity contribution is -0.384. The van der Waals surface area contributed by atoms with Gasteiger partial charge in [0.1, 0.15) is 17.3 Å². The Kier molecular flexibility index (Phi) is 4.74. The van der Waals surface area contributed by atoms with Gasteiger partial charge in [-0.15, -0.1) is 0 Å². The molecule has 0 spiro atoms. The quantitative estimate of drug-likeness (QED) is 0.609. The Morgan fingerprint density at radius 1 is 1.24 bits per heavy atom. The second-order valence-corrected chi connectivity index (χ2v) is 5.45. The monoisotopic (exact) mass is 376 g/mol. The van der Waals surface area contributed by atoms with E-state index in [0.29, 0.717) is 5.56 Å². The maximum atomic E-state index is 13.6. The number of anilines is 1. The molecule has 110 valence electrons. The fourth-order valence-corrected chi connectivity index (χ4v) is 2.29. The summed E-state index contributed by atoms with van der Waals surface area (Å²) in [5, 5.41) is 13.5. The minimum atomic E-state index is -0.775. The van der Waals surface area contributed by atoms with Crippen LogP contribution in [-0.2, 0) is 6.54 Å². The molecule has 8 heteroatoms. The van der Waals surface area contributed by atoms with E-state index in [1.54, 1.807) is 0 Å². The van der Waals surface area contributed by atoms with Crippen LogP contribution in [0.4, 0.5) is 20.2 Å². The first-order valence-electron chi connectivity index (χ1n) is 5.69. The molecule has 0 bridgehead atoms. The van der Waals surface area contributed by atoms with Crippen molar-refractivity contribution in [3.63, 3.8) is 0 Å². The van der Waals surface area contributed by atoms with Crippen LogP contribution in [0.3, 0.4) is 0 Å². The summed E-state index contributed by atoms with van der Waals surface area (Å²) in [5.41, 5.74) is -0.0960. The van der Waals surface area contributed by atoms with Crippen LogP contribution in [0.25, 0.3) is 0 Å². The number of nitro groups is 1. The first-order valence-corrected chi connectivity index (χ1v) is 6.87. The van der Waals surface area contributed by atoms with Crippen LogP contribution in [0.1, 0.15) is 5.56 Å². The molecule has 0 aromatic heterocycles. The van der Waals surface area contributed by atoms with Crippen LogP contribution in [0.5, 0.6) is 0 Å². The highest BCUT2D eigenvalue weighted by Crippen LogP contribution is 2.26. The summed E-state index contributed by atoms with van der Waals surface area (Å²) in [5.74, 6) is -1.55. The molecule has 0 aliphatic rings. The van der Waals surface area contributed by atoms with E-state index < -0.39 is 16.6 Å². The van der Waals surface area contributed by atoms with Crippen LogP contribution in [0.2, 0.25) is 5.02 Å². The van der Waals surface area contributed by atoms with E-state index in [0.717, 1.165) is 12.1 Å². The first-order chi connectivity index (χ1) is 9.88. The van der Waals surface area contributed by atoms with E-state index in [1.807, 2.05) is 0 Å². The predicted molar refractivity (Wildman–Crippen MR) is 79.5 cm³/mol. The molecular weight excluding hydrogens is 370 g/mol. The van der Waals surface area contributed by atoms with Crippen LogP contribution in [-0.4, -0.2) is 4.92 Å². The molecule has 21 heavy (non-hydrogen) atoms. The van der Waals surface area contributed by atoms with Gasteiger partial charge in [-0.3, -0.25) is 10.1 Å². The minimum Gasteiger partial charge on any atom is -0.376 e. The van der Waals surface area contributed by atoms with Crippen LogP contribution >= 0.6 is 27.5 Å². The van der Waals surface area contributed by atoms with Crippen molar-refractivity contribution in [2.75, 3.05) is 5.32 Å². The van der Waals surface area contributed by atoms with Gasteiger partial charge < -0.3 is 5.32 Å². The van der Waals surface area contributed by atoms with Gasteiger partial charge in [0, 0.05) is 28.2 Å². The van der Waals surface area contributed by atoms with E-state index in [9.17, 15) is 18.9 Å². The molecule has 0 fully saturated rings. The van der Waals surface area contributed by atoms with Gasteiger partial charge in [0.2, 0.25) is 0 Å². The fraction of sp³-hybridized carbons (Fsp3) is 0.0769. The number of nitrogens with zero attached hydrogens (tertiary/aromatic N) is 1. The van der Waals surface area contributed by atoms with Crippen molar-refractivity contribution in [3.05, 3.63) is 67.1 Å². The van der Waals surface area contributed by atoms with Crippen molar-refractivity contribution in [1.29, 1.82) is 0 Å². The van der Waals surface area contributed by atoms with Gasteiger partial charge in [-0.05, 0) is 23.8 Å². The average molecular weight is 378 g/mol. The Bertz CT molecular complexity index is 690. The van der Waals surface area contributed by atoms with Crippen molar-refractivity contribution >= 4 is 38.9 Å². The van der Waals surface area contributed by atoms with Crippen molar-refractivity contribution in [3.8, 4) is 0 Å². The smallest absolute Gasteiger partial charge is 0.269 e. The van der Waals surface area contributed by atoms with Crippen LogP contribution < -0.4 is 5.32 Å². The predicted octanol–water partition coefficient (Wildman–Crippen LogP) is 4.90. The second-order valence-electron chi connectivity index (χ2n) is 4.13. The Labute approximate surface area is 132 Å². The zero-order chi connectivity index (χ0) is 15.6. The molecule has 0 aliphatic heterocycles. The highest BCUT2D eigenvalue weighted by molar-refractivity contribution is 9.10. The third-order valence-electron chi connectivity index (χ3n) is 2.70. The molecule has 0 unspecified atom stereocenters. The van der Waals surface area contributed by atoms with Crippen LogP contribution in [0.15, 0.2) is 34.8 Å². The molecule has 0 heterocycles. The first kappa shape index (κ1) is 15.7. The molecule has 2 aromatic carbocycles. The zero-order valence-electron chi connectivity index (χ0n) is 10.4. The van der Waals surface area contributed by atoms with Gasteiger partial charge in [0.15, 0.2) is 0 Å². The molecule has 0 amide bonds. The topological polar surface area (TPSA) is 55.2 Å². The van der Waals surface area contributed by atoms with E-state index in [4.69, 9.17) is 11.6 Å². The van der Waals surface area contributed by atoms with Gasteiger partial charge in [0.05, 0.1) is 4.92 Å². The lowest BCUT2D eigenvalue weighted by Crippen LogP contribution is -2.05. The molecule has 0 radical (unpaired) electrons. The summed E-state index contributed by atoms with van der Waals surface area (Å²) in [4.78, 5) is 10.1. The van der Waals surface area contributed by atoms with E-state index in [2.05, 4.69) is 21.2 Å². The standard InChI is InChI=1S/C13H8BrClF2N2O2/c14-8-4-11(16)13(12(17)5-8)18-6-7-3-9(19(20)21)1-2-10(7)15/h1-5,18H,6H2. The maximum Gasteiger partial charge on any atom is 0.269 e. The number of nitro benzene ring substituents is 1. The van der Waals surface area contributed by atoms with Gasteiger partial charge in [-0.2, -0.15) is 0 Å². The molecule has 1 N–H and O–H groups in total. The van der Waals surface area contributed by atoms with Gasteiger partial charge in [0.25, 0.3) is 5.69 Å². The molecule has 4 nitrogen and oxygen atoms in total. The van der Waals surface area contributed by atoms with E-state index in [-0.39, 0.29) is 27.4 Å². The molecule has 0 atom stereocenters. The van der Waals surface area contributed by atoms with E-state index >= 15 is 0 Å². The SMILES string of the molecule is O=[N+]([O-])c1ccc(Cl)c(CNc2c(F)cc(Br)cc2F)c1. The second kappa shape index (κ2) is 6.36. The lowest BCUT2D eigenvalue weighted by atomic mass is 10.2. The largest absolute Gasteiger partial charge is 0.376 e. The van der Waals surface area contributed by atoms with E-state index in [1.165, 1.54) is 18.2 Å². The molecular formula is C13H8BrClF2N2O2. The number of benzene rings is 2. The number of nitrogens with one attached hydrogen (secondary N) is 1. The maximum absolute atomic E-state index is 13.6. The highest BCUT2D eigenvalue weighted by Gasteiger charge is 2.13. The van der Waals surface area contributed by atoms with Gasteiger partial charge in [-0.1, -0.05) is 27.5 Å². The Morgan fingerprint density at radius 2 is 1.86 bits per heavy atom. The molecule has 0 saturated carbocycles. The summed E-state index contributed by atoms with van der Waals surface area (Å²) >= 11 is 8.89. The Balaban J connectivity index is 2.24. The van der Waals surface area contributed by atoms with Crippen LogP contribution in [0, 0.1) is 21.7 Å². The zero-order valence-corrected chi connectivity index (χ0v) is 12.7. The van der Waals surface area contributed by atoms with Gasteiger partial charge >= 0.3 is 0 Å². The molecule has 0 saturated heterocycles. The van der Waals surface area contributed by atoms with Crippen molar-refractivity contribution in [1.82, 2.24) is 0 Å². The highest BCUT2D eigenvalue weighted by atomic mass is 79.9. The molecule has 2 rings (SSSR count). The molecule has 2 aromatic rings. The third kappa shape index (κ3) is 3.68. The minimum absolute atomic E-state index is 0.0456. The Hall–Kier alpha value is -1.73. The fourth-order valence-electron chi connectivity index (χ4n) is 1.70. The third-order valence-corrected chi connectivity index (χ3v) is 3.53. The normalized spacial score (nSPS) is 10.5. The molecule has 0 aliphatic carbocycles. The number of hydrogen-bond acceptors (Lipinski definition) is 3. The van der Waals surface area contributed by atoms with Gasteiger partial charge in [-0.25, -0.2) is 8.78 Å². The number of halogens is 4. The van der Waals surface area contributed by atoms with Crippen molar-refractivity contribution in [2.45, 2.75) is 6.54 Å². The summed E-state index contributed by atoms with van der Waals surface area (Å²) in [6, 6.07) is 6.10. The Morgan fingerprint density at radius 3 is 2.43 bits per heavy atom. The lowest BCUT2D eigenvalue weighted by Gasteiger charge is -2.10. The summed E-state index contributed by atoms with van der Waals surface area (Å²) < 4.78 is 27.6. The number of hydrogen-bond donors (Lipinski definition) is 1. The summed E-state index contributed by atoms with van der Waals surface area (Å²) in [7, 11) is 0.